The topological polar surface area (TPSA) is 339 Å². The number of carbonyl (C=O) groups is 7. The van der Waals surface area contributed by atoms with E-state index >= 15 is 0 Å². The number of nitrogens with one attached hydrogen (secondary N) is 9. The normalized spacial score (nSPS) is 13.8. The molecule has 14 N–H and O–H groups in total. The van der Waals surface area contributed by atoms with Gasteiger partial charge in [0.2, 0.25) is 35.4 Å². The molecule has 0 saturated heterocycles. The second-order valence-corrected chi connectivity index (χ2v) is 17.3. The van der Waals surface area contributed by atoms with Crippen LogP contribution in [0.25, 0.3) is 21.8 Å². The van der Waals surface area contributed by atoms with Crippen molar-refractivity contribution in [3.05, 3.63) is 120 Å². The van der Waals surface area contributed by atoms with E-state index in [-0.39, 0.29) is 37.9 Å². The molecule has 0 aliphatic carbocycles. The zero-order valence-corrected chi connectivity index (χ0v) is 38.3. The molecule has 0 radical (unpaired) electrons. The molecule has 21 nitrogen and oxygen atoms in total. The minimum absolute atomic E-state index is 0.0382. The number of hydrogen-bond donors (Lipinski definition) is 13. The van der Waals surface area contributed by atoms with Gasteiger partial charge in [-0.2, -0.15) is 11.8 Å². The van der Waals surface area contributed by atoms with Crippen LogP contribution in [-0.4, -0.2) is 138 Å². The highest BCUT2D eigenvalue weighted by Crippen LogP contribution is 2.21. The fourth-order valence-corrected chi connectivity index (χ4v) is 8.05. The Kier molecular flexibility index (Phi) is 17.9. The van der Waals surface area contributed by atoms with Crippen LogP contribution in [0.2, 0.25) is 0 Å². The van der Waals surface area contributed by atoms with Crippen LogP contribution in [0.1, 0.15) is 28.8 Å². The lowest BCUT2D eigenvalue weighted by molar-refractivity contribution is -0.142. The van der Waals surface area contributed by atoms with Crippen molar-refractivity contribution in [2.24, 2.45) is 5.73 Å². The molecule has 3 heterocycles. The number of carboxylic acids is 1. The number of aliphatic carboxylic acids is 1. The number of aromatic hydroxyl groups is 1. The van der Waals surface area contributed by atoms with E-state index < -0.39 is 90.8 Å². The van der Waals surface area contributed by atoms with Crippen LogP contribution < -0.4 is 37.6 Å². The van der Waals surface area contributed by atoms with E-state index in [2.05, 4.69) is 51.8 Å². The number of phenolic OH excluding ortho intramolecular Hbond substituents is 1. The Morgan fingerprint density at radius 2 is 1.20 bits per heavy atom. The van der Waals surface area contributed by atoms with Crippen LogP contribution in [0.3, 0.4) is 0 Å². The number of carboxylic acid groups (broad SMARTS) is 1. The van der Waals surface area contributed by atoms with Crippen LogP contribution in [0.5, 0.6) is 5.75 Å². The van der Waals surface area contributed by atoms with Gasteiger partial charge in [-0.25, -0.2) is 9.78 Å². The minimum atomic E-state index is -1.64. The Bertz CT molecular complexity index is 2730. The third-order valence-electron chi connectivity index (χ3n) is 11.3. The lowest BCUT2D eigenvalue weighted by Crippen LogP contribution is -2.59. The quantitative estimate of drug-likeness (QED) is 0.0361. The Labute approximate surface area is 399 Å². The summed E-state index contributed by atoms with van der Waals surface area (Å²) in [6, 6.07) is 12.4. The van der Waals surface area contributed by atoms with Gasteiger partial charge in [0, 0.05) is 71.8 Å². The number of imidazole rings is 1. The number of para-hydroxylation sites is 2. The fourth-order valence-electron chi connectivity index (χ4n) is 7.58. The first-order chi connectivity index (χ1) is 33.2. The average Bonchev–Trinajstić information content (AvgIpc) is 4.12. The average molecular weight is 966 g/mol. The first-order valence-corrected chi connectivity index (χ1v) is 23.3. The molecule has 3 aromatic heterocycles. The number of aliphatic hydroxyl groups is 1. The van der Waals surface area contributed by atoms with E-state index in [0.717, 1.165) is 27.4 Å². The summed E-state index contributed by atoms with van der Waals surface area (Å²) in [6.45, 7) is -1.53. The van der Waals surface area contributed by atoms with Crippen molar-refractivity contribution in [2.75, 3.05) is 25.2 Å². The summed E-state index contributed by atoms with van der Waals surface area (Å²) in [6.07, 6.45) is 8.13. The smallest absolute Gasteiger partial charge is 0.326 e. The predicted molar refractivity (Wildman–Crippen MR) is 256 cm³/mol. The summed E-state index contributed by atoms with van der Waals surface area (Å²) >= 11 is 1.39. The number of thioether (sulfide) groups is 1. The molecule has 69 heavy (non-hydrogen) atoms. The second-order valence-electron chi connectivity index (χ2n) is 16.3. The first kappa shape index (κ1) is 50.7. The fraction of sp³-hybridized carbons (Fsp3) is 0.319. The summed E-state index contributed by atoms with van der Waals surface area (Å²) in [5.41, 5.74) is 10.2. The molecule has 6 amide bonds. The van der Waals surface area contributed by atoms with Gasteiger partial charge in [-0.3, -0.25) is 28.8 Å². The molecule has 0 fully saturated rings. The first-order valence-electron chi connectivity index (χ1n) is 21.9. The zero-order chi connectivity index (χ0) is 49.5. The molecule has 0 unspecified atom stereocenters. The summed E-state index contributed by atoms with van der Waals surface area (Å²) in [5.74, 6) is -5.79. The number of phenols is 1. The van der Waals surface area contributed by atoms with Crippen molar-refractivity contribution in [3.63, 3.8) is 0 Å². The van der Waals surface area contributed by atoms with Gasteiger partial charge in [-0.15, -0.1) is 0 Å². The van der Waals surface area contributed by atoms with Crippen LogP contribution in [0, 0.1) is 0 Å². The molecule has 22 heteroatoms. The number of H-pyrrole nitrogens is 3. The molecule has 0 aliphatic rings. The third-order valence-corrected chi connectivity index (χ3v) is 11.9. The molecule has 6 atom stereocenters. The van der Waals surface area contributed by atoms with E-state index in [1.165, 1.54) is 48.6 Å². The van der Waals surface area contributed by atoms with E-state index in [9.17, 15) is 48.9 Å². The van der Waals surface area contributed by atoms with Crippen molar-refractivity contribution < 1.29 is 48.9 Å². The molecule has 364 valence electrons. The van der Waals surface area contributed by atoms with Gasteiger partial charge in [-0.1, -0.05) is 48.5 Å². The number of hydrogen-bond acceptors (Lipinski definition) is 12. The molecule has 6 aromatic rings. The number of nitrogens with zero attached hydrogens (tertiary/aromatic N) is 1. The van der Waals surface area contributed by atoms with Crippen LogP contribution in [-0.2, 0) is 59.2 Å². The van der Waals surface area contributed by atoms with Crippen molar-refractivity contribution in [1.29, 1.82) is 0 Å². The lowest BCUT2D eigenvalue weighted by atomic mass is 10.0. The predicted octanol–water partition coefficient (Wildman–Crippen LogP) is 0.0460. The number of aromatic nitrogens is 4. The maximum atomic E-state index is 14.1. The third kappa shape index (κ3) is 14.2. The maximum absolute atomic E-state index is 14.1. The number of rotatable bonds is 25. The largest absolute Gasteiger partial charge is 0.508 e. The highest BCUT2D eigenvalue weighted by molar-refractivity contribution is 7.98. The van der Waals surface area contributed by atoms with Gasteiger partial charge >= 0.3 is 5.97 Å². The van der Waals surface area contributed by atoms with Gasteiger partial charge in [0.25, 0.3) is 0 Å². The van der Waals surface area contributed by atoms with Gasteiger partial charge in [0.05, 0.1) is 25.5 Å². The molecule has 0 bridgehead atoms. The molecular formula is C47H55N11O10S. The van der Waals surface area contributed by atoms with Crippen LogP contribution in [0.4, 0.5) is 0 Å². The van der Waals surface area contributed by atoms with E-state index in [0.29, 0.717) is 22.6 Å². The van der Waals surface area contributed by atoms with E-state index in [1.807, 2.05) is 42.5 Å². The van der Waals surface area contributed by atoms with Crippen LogP contribution in [0.15, 0.2) is 97.7 Å². The minimum Gasteiger partial charge on any atom is -0.508 e. The molecule has 0 spiro atoms. The number of amides is 6. The number of benzene rings is 3. The van der Waals surface area contributed by atoms with Crippen LogP contribution >= 0.6 is 11.8 Å². The van der Waals surface area contributed by atoms with Gasteiger partial charge in [0.1, 0.15) is 36.0 Å². The number of nitrogens with two attached hydrogens (primary N) is 1. The van der Waals surface area contributed by atoms with Crippen molar-refractivity contribution in [1.82, 2.24) is 51.8 Å². The molecular weight excluding hydrogens is 911 g/mol. The highest BCUT2D eigenvalue weighted by atomic mass is 32.2. The number of aromatic amines is 3. The van der Waals surface area contributed by atoms with Gasteiger partial charge in [0.15, 0.2) is 0 Å². The Morgan fingerprint density at radius 3 is 1.78 bits per heavy atom. The number of carbonyl (C=O) groups excluding carboxylic acids is 6. The Morgan fingerprint density at radius 1 is 0.652 bits per heavy atom. The number of aliphatic hydroxyl groups excluding tert-OH is 1. The highest BCUT2D eigenvalue weighted by Gasteiger charge is 2.33. The Hall–Kier alpha value is -7.69. The standard InChI is InChI=1S/C47H55N11O10S/c1-69-15-14-36(54-41(61)23-52-43(63)37(17-27-20-50-34-8-4-2-6-31(27)34)55-42(62)33(48)19-29-22-49-25-53-29)44(64)56-38(18-28-21-51-35-9-5-3-7-32(28)35)45(65)58-40(24-59)46(66)57-39(47(67)68)16-26-10-12-30(60)13-11-26/h2-13,20-22,25,33,36-40,50-51,59-60H,14-19,23-24,48H2,1H3,(H,49,53)(H,52,63)(H,54,61)(H,55,62)(H,56,64)(H,57,66)(H,58,65)(H,67,68)/t33-,36-,37-,38-,39-,40-/m0/s1. The zero-order valence-electron chi connectivity index (χ0n) is 37.5. The monoisotopic (exact) mass is 965 g/mol. The molecule has 0 saturated carbocycles. The number of fused-ring (bicyclic) bond motifs is 2. The molecule has 3 aromatic carbocycles. The summed E-state index contributed by atoms with van der Waals surface area (Å²) in [5, 5.41) is 46.7. The second kappa shape index (κ2) is 24.4. The SMILES string of the molecule is CSCC[C@H](NC(=O)CNC(=O)[C@H](Cc1c[nH]c2ccccc12)NC(=O)[C@@H](N)Cc1cnc[nH]1)C(=O)N[C@@H](Cc1c[nH]c2ccccc12)C(=O)N[C@@H](CO)C(=O)N[C@@H](Cc1ccc(O)cc1)C(=O)O. The Balaban J connectivity index is 1.14. The van der Waals surface area contributed by atoms with Gasteiger partial charge in [-0.05, 0) is 59.4 Å². The van der Waals surface area contributed by atoms with Gasteiger partial charge < -0.3 is 67.9 Å². The maximum Gasteiger partial charge on any atom is 0.326 e. The van der Waals surface area contributed by atoms with Crippen molar-refractivity contribution in [2.45, 2.75) is 68.4 Å². The summed E-state index contributed by atoms with van der Waals surface area (Å²) in [4.78, 5) is 108. The van der Waals surface area contributed by atoms with E-state index in [1.54, 1.807) is 24.7 Å². The van der Waals surface area contributed by atoms with Crippen molar-refractivity contribution in [3.8, 4) is 5.75 Å². The molecule has 6 rings (SSSR count). The van der Waals surface area contributed by atoms with Crippen molar-refractivity contribution >= 4 is 75.0 Å². The summed E-state index contributed by atoms with van der Waals surface area (Å²) in [7, 11) is 0. The summed E-state index contributed by atoms with van der Waals surface area (Å²) < 4.78 is 0. The lowest BCUT2D eigenvalue weighted by Gasteiger charge is -2.25. The molecule has 0 aliphatic heterocycles. The van der Waals surface area contributed by atoms with E-state index in [4.69, 9.17) is 5.73 Å².